The molecule has 4 radical (unpaired) electrons. The molecule has 4 nitrogen and oxygen atoms in total. The first-order chi connectivity index (χ1) is 7.86. The molecule has 2 rings (SSSR count). The van der Waals surface area contributed by atoms with Crippen molar-refractivity contribution in [2.45, 2.75) is 71.7 Å². The molecule has 0 aliphatic heterocycles. The van der Waals surface area contributed by atoms with Crippen molar-refractivity contribution >= 4 is 53.4 Å². The van der Waals surface area contributed by atoms with Gasteiger partial charge in [-0.3, -0.25) is 12.2 Å². The molecular weight excluding hydrogens is 282 g/mol. The molecule has 7 heteroatoms. The Morgan fingerprint density at radius 2 is 1.15 bits per heavy atom. The first-order valence-electron chi connectivity index (χ1n) is 5.85. The van der Waals surface area contributed by atoms with Crippen LogP contribution < -0.4 is 20.4 Å². The van der Waals surface area contributed by atoms with Gasteiger partial charge < -0.3 is 28.3 Å². The summed E-state index contributed by atoms with van der Waals surface area (Å²) in [6, 6.07) is 0. The molecule has 2 saturated carbocycles. The van der Waals surface area contributed by atoms with Gasteiger partial charge in [0.15, 0.2) is 0 Å². The van der Waals surface area contributed by atoms with Crippen molar-refractivity contribution in [3.05, 3.63) is 6.42 Å². The monoisotopic (exact) mass is 308 g/mol. The standard InChI is InChI=1S/C5H7BO2.C4H4BO2.C2H6.2CH4.Ca.H/c1-2-4(7)3(6)5(2)8;5-4-2(6)1-3(4)7;1-2;;;;/h2-5H,1H3;1-4H;1-2H3;2*1H4;;/q-2;-3;;;;+2;-1. The van der Waals surface area contributed by atoms with E-state index in [1.54, 1.807) is 6.92 Å². The minimum Gasteiger partial charge on any atom is -1.00 e. The van der Waals surface area contributed by atoms with E-state index >= 15 is 0 Å². The van der Waals surface area contributed by atoms with Crippen LogP contribution in [0.2, 0.25) is 11.6 Å². The molecule has 0 spiro atoms. The minimum absolute atomic E-state index is 0. The molecule has 4 unspecified atom stereocenters. The maximum Gasteiger partial charge on any atom is 2.00 e. The normalized spacial score (nSPS) is 40.2. The van der Waals surface area contributed by atoms with Crippen LogP contribution in [0, 0.1) is 12.3 Å². The van der Waals surface area contributed by atoms with E-state index in [1.807, 2.05) is 13.8 Å². The predicted molar refractivity (Wildman–Crippen MR) is 79.3 cm³/mol. The zero-order chi connectivity index (χ0) is 13.7. The Morgan fingerprint density at radius 1 is 0.850 bits per heavy atom. The molecule has 0 saturated heterocycles. The summed E-state index contributed by atoms with van der Waals surface area (Å²) in [4.78, 5) is 0. The summed E-state index contributed by atoms with van der Waals surface area (Å²) in [5.74, 6) is -1.56. The molecule has 0 N–H and O–H groups in total. The molecule has 4 atom stereocenters. The molecule has 114 valence electrons. The second kappa shape index (κ2) is 13.9. The fourth-order valence-corrected chi connectivity index (χ4v) is 1.41. The molecule has 0 heterocycles. The molecule has 0 aromatic heterocycles. The van der Waals surface area contributed by atoms with Gasteiger partial charge in [-0.1, -0.05) is 41.5 Å². The summed E-state index contributed by atoms with van der Waals surface area (Å²) in [7, 11) is 10.1. The average Bonchev–Trinajstić information content (AvgIpc) is 2.39. The van der Waals surface area contributed by atoms with Crippen molar-refractivity contribution in [3.63, 3.8) is 0 Å². The van der Waals surface area contributed by atoms with E-state index in [1.165, 1.54) is 6.42 Å². The van der Waals surface area contributed by atoms with Crippen LogP contribution in [0.15, 0.2) is 0 Å². The molecule has 0 bridgehead atoms. The summed E-state index contributed by atoms with van der Waals surface area (Å²) in [6.07, 6.45) is -2.25. The largest absolute Gasteiger partial charge is 2.00 e. The number of hydrogen-bond donors (Lipinski definition) is 0. The summed E-state index contributed by atoms with van der Waals surface area (Å²) >= 11 is 0. The van der Waals surface area contributed by atoms with E-state index in [9.17, 15) is 20.4 Å². The molecule has 0 aromatic carbocycles. The second-order valence-electron chi connectivity index (χ2n) is 4.06. The Kier molecular flexibility index (Phi) is 20.3. The van der Waals surface area contributed by atoms with Crippen molar-refractivity contribution < 1.29 is 21.9 Å². The first-order valence-corrected chi connectivity index (χ1v) is 5.85. The summed E-state index contributed by atoms with van der Waals surface area (Å²) in [5.41, 5.74) is 0. The van der Waals surface area contributed by atoms with E-state index < -0.39 is 36.1 Å². The zero-order valence-corrected chi connectivity index (χ0v) is 13.3. The molecule has 2 aliphatic rings. The molecule has 0 amide bonds. The topological polar surface area (TPSA) is 92.2 Å². The Balaban J connectivity index is -0.0000000623. The van der Waals surface area contributed by atoms with Crippen LogP contribution in [-0.2, 0) is 0 Å². The third-order valence-corrected chi connectivity index (χ3v) is 2.93. The van der Waals surface area contributed by atoms with Gasteiger partial charge in [0.05, 0.1) is 15.7 Å². The van der Waals surface area contributed by atoms with Crippen molar-refractivity contribution in [2.75, 3.05) is 0 Å². The van der Waals surface area contributed by atoms with Crippen LogP contribution in [0.5, 0.6) is 0 Å². The van der Waals surface area contributed by atoms with E-state index in [4.69, 9.17) is 15.7 Å². The molecule has 20 heavy (non-hydrogen) atoms. The summed E-state index contributed by atoms with van der Waals surface area (Å²) in [6.45, 7) is 5.65. The van der Waals surface area contributed by atoms with E-state index in [-0.39, 0.29) is 59.9 Å². The van der Waals surface area contributed by atoms with Gasteiger partial charge in [0.2, 0.25) is 0 Å². The van der Waals surface area contributed by atoms with Crippen LogP contribution >= 0.6 is 0 Å². The van der Waals surface area contributed by atoms with Gasteiger partial charge in [0, 0.05) is 0 Å². The Morgan fingerprint density at radius 3 is 1.20 bits per heavy atom. The van der Waals surface area contributed by atoms with Gasteiger partial charge in [0.1, 0.15) is 0 Å². The fraction of sp³-hybridized carbons (Fsp3) is 0.923. The molecule has 2 fully saturated rings. The minimum atomic E-state index is -0.900. The molecule has 2 aliphatic carbocycles. The van der Waals surface area contributed by atoms with Crippen LogP contribution in [0.25, 0.3) is 0 Å². The molecule has 0 aromatic rings. The van der Waals surface area contributed by atoms with Crippen molar-refractivity contribution in [1.82, 2.24) is 0 Å². The number of hydrogen-bond acceptors (Lipinski definition) is 4. The Hall–Kier alpha value is 1.23. The quantitative estimate of drug-likeness (QED) is 0.372. The third kappa shape index (κ3) is 7.48. The van der Waals surface area contributed by atoms with Crippen molar-refractivity contribution in [3.8, 4) is 0 Å². The zero-order valence-electron chi connectivity index (χ0n) is 12.1. The SMILES string of the molecule is C.C.CC.[B]C1C([O-])C(C)C1[O-].[B]C1C([O-])[CH-]C1[O-].[Ca+2].[H-]. The first kappa shape index (κ1) is 29.3. The van der Waals surface area contributed by atoms with Gasteiger partial charge in [0.25, 0.3) is 0 Å². The maximum absolute atomic E-state index is 10.5. The van der Waals surface area contributed by atoms with Crippen molar-refractivity contribution in [2.24, 2.45) is 5.92 Å². The van der Waals surface area contributed by atoms with Gasteiger partial charge >= 0.3 is 37.7 Å². The number of rotatable bonds is 0. The van der Waals surface area contributed by atoms with Crippen LogP contribution in [-0.4, -0.2) is 77.8 Å². The predicted octanol–water partition coefficient (Wildman–Crippen LogP) is -2.30. The van der Waals surface area contributed by atoms with Gasteiger partial charge in [-0.2, -0.15) is 5.82 Å². The maximum atomic E-state index is 10.5. The van der Waals surface area contributed by atoms with Crippen LogP contribution in [0.3, 0.4) is 0 Å². The second-order valence-corrected chi connectivity index (χ2v) is 4.06. The van der Waals surface area contributed by atoms with E-state index in [2.05, 4.69) is 0 Å². The van der Waals surface area contributed by atoms with Crippen LogP contribution in [0.4, 0.5) is 0 Å². The third-order valence-electron chi connectivity index (χ3n) is 2.93. The average molecular weight is 308 g/mol. The smallest absolute Gasteiger partial charge is 1.00 e. The van der Waals surface area contributed by atoms with Gasteiger partial charge in [-0.05, 0) is 0 Å². The van der Waals surface area contributed by atoms with Crippen LogP contribution in [0.1, 0.15) is 37.1 Å². The Bertz CT molecular complexity index is 190. The van der Waals surface area contributed by atoms with E-state index in [0.29, 0.717) is 0 Å². The fourth-order valence-electron chi connectivity index (χ4n) is 1.41. The molecular formula is C13H26B2CaO4-4. The van der Waals surface area contributed by atoms with Gasteiger partial charge in [-0.15, -0.1) is 18.0 Å². The Labute approximate surface area is 158 Å². The van der Waals surface area contributed by atoms with Gasteiger partial charge in [-0.25, -0.2) is 0 Å². The van der Waals surface area contributed by atoms with E-state index in [0.717, 1.165) is 0 Å². The van der Waals surface area contributed by atoms with Crippen molar-refractivity contribution in [1.29, 1.82) is 0 Å². The summed E-state index contributed by atoms with van der Waals surface area (Å²) in [5, 5.41) is 41.3. The summed E-state index contributed by atoms with van der Waals surface area (Å²) < 4.78 is 0.